The predicted octanol–water partition coefficient (Wildman–Crippen LogP) is 3.55. The van der Waals surface area contributed by atoms with Gasteiger partial charge in [-0.1, -0.05) is 18.2 Å². The first-order valence-electron chi connectivity index (χ1n) is 5.69. The summed E-state index contributed by atoms with van der Waals surface area (Å²) in [4.78, 5) is 4.34. The average molecular weight is 240 g/mol. The Morgan fingerprint density at radius 2 is 1.89 bits per heavy atom. The summed E-state index contributed by atoms with van der Waals surface area (Å²) in [5.41, 5.74) is 1.89. The van der Waals surface area contributed by atoms with E-state index in [1.165, 1.54) is 0 Å². The second-order valence-electron chi connectivity index (χ2n) is 3.84. The number of hydrogen-bond acceptors (Lipinski definition) is 4. The normalized spacial score (nSPS) is 10.4. The maximum atomic E-state index is 5.35. The molecule has 1 aromatic carbocycles. The zero-order valence-corrected chi connectivity index (χ0v) is 9.67. The van der Waals surface area contributed by atoms with E-state index in [1.807, 2.05) is 36.4 Å². The maximum Gasteiger partial charge on any atom is 0.263 e. The van der Waals surface area contributed by atoms with Crippen LogP contribution in [0.5, 0.6) is 0 Å². The number of oxazole rings is 1. The molecule has 0 bridgehead atoms. The Morgan fingerprint density at radius 1 is 1.00 bits per heavy atom. The van der Waals surface area contributed by atoms with Gasteiger partial charge in [-0.25, -0.2) is 4.98 Å². The van der Waals surface area contributed by atoms with Crippen molar-refractivity contribution in [2.75, 3.05) is 5.32 Å². The Labute approximate surface area is 104 Å². The lowest BCUT2D eigenvalue weighted by Crippen LogP contribution is -1.99. The van der Waals surface area contributed by atoms with Crippen molar-refractivity contribution in [2.45, 2.75) is 6.54 Å². The Hall–Kier alpha value is -2.49. The van der Waals surface area contributed by atoms with Gasteiger partial charge in [-0.05, 0) is 24.3 Å². The summed E-state index contributed by atoms with van der Waals surface area (Å²) in [5, 5.41) is 3.27. The fraction of sp³-hybridized carbons (Fsp3) is 0.0714. The quantitative estimate of drug-likeness (QED) is 0.757. The minimum atomic E-state index is 0.505. The number of aromatic nitrogens is 1. The third-order valence-electron chi connectivity index (χ3n) is 2.53. The molecule has 3 rings (SSSR count). The molecule has 0 saturated carbocycles. The second kappa shape index (κ2) is 4.79. The molecule has 0 radical (unpaired) electrons. The van der Waals surface area contributed by atoms with E-state index in [2.05, 4.69) is 10.3 Å². The van der Waals surface area contributed by atoms with Gasteiger partial charge in [0.05, 0.1) is 18.5 Å². The molecule has 0 saturated heterocycles. The van der Waals surface area contributed by atoms with Crippen LogP contribution in [0, 0.1) is 0 Å². The molecule has 0 fully saturated rings. The van der Waals surface area contributed by atoms with Crippen LogP contribution >= 0.6 is 0 Å². The molecule has 0 amide bonds. The van der Waals surface area contributed by atoms with Crippen molar-refractivity contribution in [3.63, 3.8) is 0 Å². The first kappa shape index (κ1) is 10.7. The molecule has 3 aromatic rings. The third-order valence-corrected chi connectivity index (χ3v) is 2.53. The number of benzene rings is 1. The molecular weight excluding hydrogens is 228 g/mol. The van der Waals surface area contributed by atoms with Gasteiger partial charge in [0, 0.05) is 5.69 Å². The van der Waals surface area contributed by atoms with Gasteiger partial charge >= 0.3 is 0 Å². The highest BCUT2D eigenvalue weighted by molar-refractivity contribution is 5.45. The molecule has 1 N–H and O–H groups in total. The molecule has 0 spiro atoms. The van der Waals surface area contributed by atoms with Crippen LogP contribution < -0.4 is 5.32 Å². The zero-order chi connectivity index (χ0) is 12.2. The summed E-state index contributed by atoms with van der Waals surface area (Å²) < 4.78 is 10.6. The van der Waals surface area contributed by atoms with Gasteiger partial charge in [0.15, 0.2) is 5.76 Å². The lowest BCUT2D eigenvalue weighted by Gasteiger charge is -2.02. The smallest absolute Gasteiger partial charge is 0.263 e. The van der Waals surface area contributed by atoms with E-state index in [0.717, 1.165) is 11.4 Å². The molecule has 0 atom stereocenters. The van der Waals surface area contributed by atoms with Gasteiger partial charge in [-0.3, -0.25) is 0 Å². The Balaban J connectivity index is 1.68. The highest BCUT2D eigenvalue weighted by Gasteiger charge is 2.08. The van der Waals surface area contributed by atoms with Crippen molar-refractivity contribution in [1.82, 2.24) is 4.98 Å². The SMILES string of the molecule is c1ccc(NCc2coc(-c3ccco3)n2)cc1. The van der Waals surface area contributed by atoms with Crippen molar-refractivity contribution >= 4 is 5.69 Å². The zero-order valence-electron chi connectivity index (χ0n) is 9.67. The van der Waals surface area contributed by atoms with Gasteiger partial charge in [-0.15, -0.1) is 0 Å². The molecule has 0 aliphatic heterocycles. The summed E-state index contributed by atoms with van der Waals surface area (Å²) in [6.45, 7) is 0.619. The van der Waals surface area contributed by atoms with Crippen LogP contribution in [0.2, 0.25) is 0 Å². The van der Waals surface area contributed by atoms with Gasteiger partial charge in [0.1, 0.15) is 6.26 Å². The number of nitrogens with zero attached hydrogens (tertiary/aromatic N) is 1. The first-order valence-corrected chi connectivity index (χ1v) is 5.69. The number of para-hydroxylation sites is 1. The van der Waals surface area contributed by atoms with Gasteiger partial charge in [-0.2, -0.15) is 0 Å². The molecule has 2 heterocycles. The number of hydrogen-bond donors (Lipinski definition) is 1. The van der Waals surface area contributed by atoms with Crippen molar-refractivity contribution in [3.05, 3.63) is 60.7 Å². The molecular formula is C14H12N2O2. The van der Waals surface area contributed by atoms with E-state index in [9.17, 15) is 0 Å². The second-order valence-corrected chi connectivity index (χ2v) is 3.84. The summed E-state index contributed by atoms with van der Waals surface area (Å²) in [7, 11) is 0. The molecule has 4 heteroatoms. The minimum absolute atomic E-state index is 0.505. The monoisotopic (exact) mass is 240 g/mol. The maximum absolute atomic E-state index is 5.35. The predicted molar refractivity (Wildman–Crippen MR) is 68.0 cm³/mol. The fourth-order valence-electron chi connectivity index (χ4n) is 1.65. The molecule has 2 aromatic heterocycles. The standard InChI is InChI=1S/C14H12N2O2/c1-2-5-11(6-3-1)15-9-12-10-18-14(16-12)13-7-4-8-17-13/h1-8,10,15H,9H2. The number of furan rings is 1. The van der Waals surface area contributed by atoms with Gasteiger partial charge in [0.2, 0.25) is 0 Å². The van der Waals surface area contributed by atoms with E-state index < -0.39 is 0 Å². The number of anilines is 1. The molecule has 0 aliphatic carbocycles. The van der Waals surface area contributed by atoms with Gasteiger partial charge in [0.25, 0.3) is 5.89 Å². The van der Waals surface area contributed by atoms with Crippen molar-refractivity contribution < 1.29 is 8.83 Å². The molecule has 0 unspecified atom stereocenters. The summed E-state index contributed by atoms with van der Waals surface area (Å²) >= 11 is 0. The lowest BCUT2D eigenvalue weighted by molar-refractivity contribution is 0.517. The lowest BCUT2D eigenvalue weighted by atomic mass is 10.3. The van der Waals surface area contributed by atoms with Crippen LogP contribution in [-0.4, -0.2) is 4.98 Å². The van der Waals surface area contributed by atoms with Crippen LogP contribution in [0.1, 0.15) is 5.69 Å². The fourth-order valence-corrected chi connectivity index (χ4v) is 1.65. The third kappa shape index (κ3) is 2.27. The van der Waals surface area contributed by atoms with E-state index in [-0.39, 0.29) is 0 Å². The van der Waals surface area contributed by atoms with Gasteiger partial charge < -0.3 is 14.2 Å². The van der Waals surface area contributed by atoms with Crippen LogP contribution in [-0.2, 0) is 6.54 Å². The first-order chi connectivity index (χ1) is 8.92. The highest BCUT2D eigenvalue weighted by atomic mass is 16.4. The molecule has 0 aliphatic rings. The summed E-state index contributed by atoms with van der Waals surface area (Å²) in [6.07, 6.45) is 3.23. The number of nitrogens with one attached hydrogen (secondary N) is 1. The number of rotatable bonds is 4. The summed E-state index contributed by atoms with van der Waals surface area (Å²) in [5.74, 6) is 1.14. The molecule has 4 nitrogen and oxygen atoms in total. The Kier molecular flexibility index (Phi) is 2.84. The average Bonchev–Trinajstić information content (AvgIpc) is 3.08. The van der Waals surface area contributed by atoms with Crippen LogP contribution in [0.15, 0.2) is 63.8 Å². The van der Waals surface area contributed by atoms with Crippen molar-refractivity contribution in [2.24, 2.45) is 0 Å². The highest BCUT2D eigenvalue weighted by Crippen LogP contribution is 2.19. The van der Waals surface area contributed by atoms with Crippen molar-refractivity contribution in [1.29, 1.82) is 0 Å². The van der Waals surface area contributed by atoms with E-state index >= 15 is 0 Å². The Bertz CT molecular complexity index is 600. The summed E-state index contributed by atoms with van der Waals surface area (Å²) in [6, 6.07) is 13.6. The minimum Gasteiger partial charge on any atom is -0.459 e. The van der Waals surface area contributed by atoms with Crippen LogP contribution in [0.25, 0.3) is 11.7 Å². The molecule has 90 valence electrons. The van der Waals surface area contributed by atoms with E-state index in [1.54, 1.807) is 18.6 Å². The van der Waals surface area contributed by atoms with Crippen LogP contribution in [0.3, 0.4) is 0 Å². The Morgan fingerprint density at radius 3 is 2.67 bits per heavy atom. The van der Waals surface area contributed by atoms with E-state index in [0.29, 0.717) is 18.2 Å². The largest absolute Gasteiger partial charge is 0.459 e. The van der Waals surface area contributed by atoms with Crippen molar-refractivity contribution in [3.8, 4) is 11.7 Å². The van der Waals surface area contributed by atoms with Crippen LogP contribution in [0.4, 0.5) is 5.69 Å². The molecule has 18 heavy (non-hydrogen) atoms. The topological polar surface area (TPSA) is 51.2 Å². The van der Waals surface area contributed by atoms with E-state index in [4.69, 9.17) is 8.83 Å².